The van der Waals surface area contributed by atoms with Crippen molar-refractivity contribution in [1.29, 1.82) is 0 Å². The van der Waals surface area contributed by atoms with Gasteiger partial charge in [0, 0.05) is 137 Å². The van der Waals surface area contributed by atoms with Crippen LogP contribution < -0.4 is 25.2 Å². The van der Waals surface area contributed by atoms with E-state index >= 15 is 0 Å². The monoisotopic (exact) mass is 1670 g/mol. The summed E-state index contributed by atoms with van der Waals surface area (Å²) in [4.78, 5) is 95.8. The van der Waals surface area contributed by atoms with Crippen molar-refractivity contribution in [1.82, 2.24) is 39.6 Å². The second-order valence-corrected chi connectivity index (χ2v) is 32.3. The number of pyridine rings is 5. The number of esters is 5. The highest BCUT2D eigenvalue weighted by molar-refractivity contribution is 6.09. The van der Waals surface area contributed by atoms with E-state index in [4.69, 9.17) is 38.3 Å². The minimum Gasteiger partial charge on any atom is -0.492 e. The van der Waals surface area contributed by atoms with Crippen LogP contribution in [0.5, 0.6) is 5.75 Å². The number of hydrogen-bond acceptors (Lipinski definition) is 25. The lowest BCUT2D eigenvalue weighted by Crippen LogP contribution is -2.42. The molecule has 5 aromatic heterocycles. The molecule has 25 nitrogen and oxygen atoms in total. The standard InChI is InChI=1S/C22H31N3O2.C21H29N3O2.C19H26N2O3.C18H24N2O3.C17H22N2O3/c1-6-27-22(26)19-13-23-20-16(3)11-15(2)12-18(20)21(19)25-9-7-17(8-10-25)14-24(4)5;1-6-26-21(25)18-13-22-19-15(3)11-14(2)12-17(19)20(18)24-9-7-16(8-10-24)23(4)5;1-6-23-19(22)16-12-20-17-14(3)10-13(2)11-15(17)18(16)24-9-7-8-21(4)5;1-5-23-18(21)15-11-20-16-13(3)9-12(2)10-14(16)17(15)19-7-6-8-22-4;1-4-22-17(21)14-10-19-15-12(3)8-11(2)9-13(15)16(14)18-6-5-7-20/h11-13,17H,6-10,14H2,1-5H3;11-13,16H,6-10H2,1-5H3;10-12H,6-9H2,1-5H3;9-11H,5-8H2,1-4H3,(H,19,20);8-10,20H,4-7H2,1-3H3,(H,18,19). The average molecular weight is 1670 g/mol. The lowest BCUT2D eigenvalue weighted by Gasteiger charge is -2.37. The molecule has 0 bridgehead atoms. The van der Waals surface area contributed by atoms with Crippen LogP contribution in [-0.2, 0) is 28.4 Å². The largest absolute Gasteiger partial charge is 0.492 e. The summed E-state index contributed by atoms with van der Waals surface area (Å²) in [5, 5.41) is 20.4. The molecule has 2 aliphatic rings. The molecule has 0 spiro atoms. The molecular weight excluding hydrogens is 1540 g/mol. The van der Waals surface area contributed by atoms with E-state index in [1.807, 2.05) is 81.6 Å². The van der Waals surface area contributed by atoms with Gasteiger partial charge in [-0.2, -0.15) is 0 Å². The number of carbonyl (C=O) groups excluding carboxylic acids is 5. The Bertz CT molecular complexity index is 5230. The summed E-state index contributed by atoms with van der Waals surface area (Å²) in [6.45, 7) is 39.7. The predicted molar refractivity (Wildman–Crippen MR) is 492 cm³/mol. The summed E-state index contributed by atoms with van der Waals surface area (Å²) in [7, 11) is 14.3. The first-order chi connectivity index (χ1) is 58.4. The summed E-state index contributed by atoms with van der Waals surface area (Å²) >= 11 is 0. The van der Waals surface area contributed by atoms with Gasteiger partial charge in [-0.1, -0.05) is 52.6 Å². The number of anilines is 4. The van der Waals surface area contributed by atoms with Crippen molar-refractivity contribution in [3.8, 4) is 5.75 Å². The third-order valence-electron chi connectivity index (χ3n) is 21.4. The number of piperidine rings is 2. The third kappa shape index (κ3) is 25.7. The summed E-state index contributed by atoms with van der Waals surface area (Å²) in [6, 6.07) is 21.5. The molecule has 3 N–H and O–H groups in total. The minimum atomic E-state index is -0.395. The summed E-state index contributed by atoms with van der Waals surface area (Å²) in [5.74, 6) is -0.420. The Hall–Kier alpha value is -10.7. The maximum absolute atomic E-state index is 12.6. The SMILES string of the molecule is CCOC(=O)c1cnc2c(C)cc(C)cc2c1N1CCC(CN(C)C)CC1.CCOC(=O)c1cnc2c(C)cc(C)cc2c1N1CCC(N(C)C)CC1.CCOC(=O)c1cnc2c(C)cc(C)cc2c1NCCCO.CCOC(=O)c1cnc2c(C)cc(C)cc2c1NCCCOC.CCOC(=O)c1cnc2c(C)cc(C)cc2c1OCCCN(C)C. The van der Waals surface area contributed by atoms with Crippen molar-refractivity contribution in [3.05, 3.63) is 175 Å². The predicted octanol–water partition coefficient (Wildman–Crippen LogP) is 17.0. The second kappa shape index (κ2) is 47.1. The van der Waals surface area contributed by atoms with Crippen molar-refractivity contribution in [2.24, 2.45) is 5.92 Å². The third-order valence-corrected chi connectivity index (χ3v) is 21.4. The van der Waals surface area contributed by atoms with Gasteiger partial charge in [-0.3, -0.25) is 24.9 Å². The topological polar surface area (TPSA) is 275 Å². The van der Waals surface area contributed by atoms with E-state index < -0.39 is 5.97 Å². The number of ether oxygens (including phenoxy) is 7. The fourth-order valence-corrected chi connectivity index (χ4v) is 16.0. The number of fused-ring (bicyclic) bond motifs is 5. The molecule has 0 amide bonds. The van der Waals surface area contributed by atoms with Gasteiger partial charge in [-0.15, -0.1) is 0 Å². The highest BCUT2D eigenvalue weighted by Gasteiger charge is 2.30. The second-order valence-electron chi connectivity index (χ2n) is 32.3. The molecule has 7 heterocycles. The van der Waals surface area contributed by atoms with Gasteiger partial charge in [0.1, 0.15) is 33.6 Å². The molecule has 658 valence electrons. The Labute approximate surface area is 721 Å². The Kier molecular flexibility index (Phi) is 37.3. The molecular formula is C97H132N12O13. The molecule has 2 saturated heterocycles. The van der Waals surface area contributed by atoms with Crippen LogP contribution in [0.3, 0.4) is 0 Å². The zero-order chi connectivity index (χ0) is 89.0. The fraction of sp³-hybridized carbons (Fsp3) is 0.485. The first kappa shape index (κ1) is 96.8. The number of aliphatic hydroxyl groups excluding tert-OH is 1. The van der Waals surface area contributed by atoms with Crippen LogP contribution in [0.15, 0.2) is 91.6 Å². The van der Waals surface area contributed by atoms with Gasteiger partial charge in [-0.05, 0) is 261 Å². The number of hydrogen-bond donors (Lipinski definition) is 3. The lowest BCUT2D eigenvalue weighted by molar-refractivity contribution is 0.0512. The van der Waals surface area contributed by atoms with Gasteiger partial charge >= 0.3 is 29.8 Å². The molecule has 10 aromatic rings. The molecule has 25 heteroatoms. The van der Waals surface area contributed by atoms with E-state index in [2.05, 4.69) is 164 Å². The van der Waals surface area contributed by atoms with Crippen LogP contribution in [0.25, 0.3) is 54.5 Å². The highest BCUT2D eigenvalue weighted by atomic mass is 16.5. The summed E-state index contributed by atoms with van der Waals surface area (Å²) < 4.78 is 37.2. The number of aryl methyl sites for hydroxylation is 10. The average Bonchev–Trinajstić information content (AvgIpc) is 0.783. The van der Waals surface area contributed by atoms with Gasteiger partial charge in [0.05, 0.1) is 90.0 Å². The number of rotatable bonds is 29. The Morgan fingerprint density at radius 2 is 0.738 bits per heavy atom. The Balaban J connectivity index is 0.000000190. The number of nitrogens with zero attached hydrogens (tertiary/aromatic N) is 10. The number of aromatic nitrogens is 5. The summed E-state index contributed by atoms with van der Waals surface area (Å²) in [5.41, 5.74) is 21.7. The lowest BCUT2D eigenvalue weighted by atomic mass is 9.94. The van der Waals surface area contributed by atoms with Crippen molar-refractivity contribution in [2.45, 2.75) is 155 Å². The van der Waals surface area contributed by atoms with Crippen LogP contribution in [0.4, 0.5) is 22.7 Å². The van der Waals surface area contributed by atoms with E-state index in [1.54, 1.807) is 58.9 Å². The van der Waals surface area contributed by atoms with Gasteiger partial charge < -0.3 is 73.4 Å². The van der Waals surface area contributed by atoms with Crippen LogP contribution >= 0.6 is 0 Å². The van der Waals surface area contributed by atoms with Crippen LogP contribution in [0.1, 0.15) is 187 Å². The molecule has 5 aromatic carbocycles. The Morgan fingerprint density at radius 3 is 1.10 bits per heavy atom. The van der Waals surface area contributed by atoms with Gasteiger partial charge in [0.25, 0.3) is 0 Å². The normalized spacial score (nSPS) is 12.9. The molecule has 0 unspecified atom stereocenters. The highest BCUT2D eigenvalue weighted by Crippen LogP contribution is 2.39. The van der Waals surface area contributed by atoms with Gasteiger partial charge in [0.2, 0.25) is 0 Å². The van der Waals surface area contributed by atoms with Crippen molar-refractivity contribution in [2.75, 3.05) is 175 Å². The molecule has 0 atom stereocenters. The van der Waals surface area contributed by atoms with E-state index in [-0.39, 0.29) is 30.5 Å². The minimum absolute atomic E-state index is 0.100. The van der Waals surface area contributed by atoms with Crippen molar-refractivity contribution >= 4 is 107 Å². The van der Waals surface area contributed by atoms with Crippen molar-refractivity contribution in [3.63, 3.8) is 0 Å². The van der Waals surface area contributed by atoms with Crippen LogP contribution in [0.2, 0.25) is 0 Å². The molecule has 12 rings (SSSR count). The maximum atomic E-state index is 12.6. The van der Waals surface area contributed by atoms with E-state index in [0.717, 1.165) is 200 Å². The quantitative estimate of drug-likeness (QED) is 0.0223. The van der Waals surface area contributed by atoms with E-state index in [1.165, 1.54) is 11.1 Å². The fourth-order valence-electron chi connectivity index (χ4n) is 16.0. The number of methoxy groups -OCH3 is 1. The maximum Gasteiger partial charge on any atom is 0.343 e. The van der Waals surface area contributed by atoms with E-state index in [9.17, 15) is 24.0 Å². The molecule has 2 fully saturated rings. The Morgan fingerprint density at radius 1 is 0.410 bits per heavy atom. The number of aliphatic hydroxyl groups is 1. The first-order valence-electron chi connectivity index (χ1n) is 42.9. The molecule has 0 aliphatic carbocycles. The number of carbonyl (C=O) groups is 5. The zero-order valence-electron chi connectivity index (χ0n) is 76.4. The van der Waals surface area contributed by atoms with Gasteiger partial charge in [-0.25, -0.2) is 24.0 Å². The molecule has 2 aliphatic heterocycles. The molecule has 122 heavy (non-hydrogen) atoms. The summed E-state index contributed by atoms with van der Waals surface area (Å²) in [6.07, 6.45) is 14.9. The van der Waals surface area contributed by atoms with E-state index in [0.29, 0.717) is 111 Å². The van der Waals surface area contributed by atoms with Crippen LogP contribution in [0, 0.1) is 75.2 Å². The zero-order valence-corrected chi connectivity index (χ0v) is 76.4. The molecule has 0 radical (unpaired) electrons. The smallest absolute Gasteiger partial charge is 0.343 e. The van der Waals surface area contributed by atoms with Crippen LogP contribution in [-0.4, -0.2) is 235 Å². The number of benzene rings is 5. The number of nitrogens with one attached hydrogen (secondary N) is 2. The van der Waals surface area contributed by atoms with Gasteiger partial charge in [0.15, 0.2) is 0 Å². The first-order valence-corrected chi connectivity index (χ1v) is 42.9. The van der Waals surface area contributed by atoms with Crippen molar-refractivity contribution < 1.29 is 62.2 Å². The molecule has 0 saturated carbocycles.